The van der Waals surface area contributed by atoms with Crippen LogP contribution in [0.3, 0.4) is 0 Å². The van der Waals surface area contributed by atoms with Crippen molar-refractivity contribution in [3.8, 4) is 11.1 Å². The lowest BCUT2D eigenvalue weighted by Gasteiger charge is -2.25. The molecule has 1 saturated heterocycles. The Morgan fingerprint density at radius 1 is 0.893 bits per heavy atom. The molecule has 28 heavy (non-hydrogen) atoms. The van der Waals surface area contributed by atoms with Gasteiger partial charge in [0.2, 0.25) is 0 Å². The highest BCUT2D eigenvalue weighted by molar-refractivity contribution is 5.95. The third-order valence-electron chi connectivity index (χ3n) is 5.24. The van der Waals surface area contributed by atoms with Crippen LogP contribution in [0.5, 0.6) is 0 Å². The number of hydrogen-bond donors (Lipinski definition) is 0. The highest BCUT2D eigenvalue weighted by atomic mass is 16.2. The average molecular weight is 372 g/mol. The quantitative estimate of drug-likeness (QED) is 0.702. The number of amides is 1. The maximum absolute atomic E-state index is 13.1. The summed E-state index contributed by atoms with van der Waals surface area (Å²) in [5, 5.41) is 0. The molecule has 1 amide bonds. The molecule has 0 spiro atoms. The van der Waals surface area contributed by atoms with E-state index in [2.05, 4.69) is 46.1 Å². The van der Waals surface area contributed by atoms with Crippen LogP contribution < -0.4 is 4.90 Å². The second kappa shape index (κ2) is 8.21. The molecule has 0 aliphatic carbocycles. The van der Waals surface area contributed by atoms with Gasteiger partial charge in [0.15, 0.2) is 0 Å². The minimum absolute atomic E-state index is 0.0883. The first-order valence-electron chi connectivity index (χ1n) is 9.68. The molecule has 2 aromatic carbocycles. The standard InChI is InChI=1S/C23H24N4O/c1-18-6-2-3-9-22(18)26-10-5-11-27(13-12-26)23(28)20-8-4-7-19(14-20)21-15-24-17-25-16-21/h2-4,6-9,14-17H,5,10-13H2,1H3. The lowest BCUT2D eigenvalue weighted by molar-refractivity contribution is 0.0767. The van der Waals surface area contributed by atoms with Crippen LogP contribution in [0, 0.1) is 6.92 Å². The summed E-state index contributed by atoms with van der Waals surface area (Å²) in [6.45, 7) is 5.46. The Kier molecular flexibility index (Phi) is 5.33. The summed E-state index contributed by atoms with van der Waals surface area (Å²) in [7, 11) is 0. The zero-order valence-corrected chi connectivity index (χ0v) is 16.1. The number of aryl methyl sites for hydroxylation is 1. The molecule has 4 rings (SSSR count). The Morgan fingerprint density at radius 3 is 2.54 bits per heavy atom. The minimum atomic E-state index is 0.0883. The molecule has 0 atom stereocenters. The largest absolute Gasteiger partial charge is 0.369 e. The lowest BCUT2D eigenvalue weighted by atomic mass is 10.1. The molecule has 142 valence electrons. The second-order valence-electron chi connectivity index (χ2n) is 7.13. The van der Waals surface area contributed by atoms with E-state index in [0.717, 1.165) is 43.7 Å². The Morgan fingerprint density at radius 2 is 1.71 bits per heavy atom. The molecule has 3 aromatic rings. The molecule has 0 N–H and O–H groups in total. The molecule has 1 fully saturated rings. The Balaban J connectivity index is 1.49. The number of para-hydroxylation sites is 1. The normalized spacial score (nSPS) is 14.6. The van der Waals surface area contributed by atoms with Gasteiger partial charge in [-0.25, -0.2) is 9.97 Å². The minimum Gasteiger partial charge on any atom is -0.369 e. The van der Waals surface area contributed by atoms with Crippen molar-refractivity contribution in [2.45, 2.75) is 13.3 Å². The Hall–Kier alpha value is -3.21. The van der Waals surface area contributed by atoms with Crippen molar-refractivity contribution < 1.29 is 4.79 Å². The first-order chi connectivity index (χ1) is 13.7. The highest BCUT2D eigenvalue weighted by Crippen LogP contribution is 2.23. The van der Waals surface area contributed by atoms with Crippen LogP contribution >= 0.6 is 0 Å². The number of aromatic nitrogens is 2. The molecule has 1 aromatic heterocycles. The van der Waals surface area contributed by atoms with Crippen molar-refractivity contribution in [3.05, 3.63) is 78.4 Å². The summed E-state index contributed by atoms with van der Waals surface area (Å²) in [6.07, 6.45) is 6.01. The fourth-order valence-electron chi connectivity index (χ4n) is 3.74. The van der Waals surface area contributed by atoms with E-state index in [9.17, 15) is 4.79 Å². The number of rotatable bonds is 3. The van der Waals surface area contributed by atoms with Gasteiger partial charge in [-0.15, -0.1) is 0 Å². The molecule has 1 aliphatic heterocycles. The number of carbonyl (C=O) groups is 1. The van der Waals surface area contributed by atoms with Gasteiger partial charge < -0.3 is 9.80 Å². The summed E-state index contributed by atoms with van der Waals surface area (Å²) in [5.41, 5.74) is 5.13. The molecule has 0 saturated carbocycles. The molecule has 0 radical (unpaired) electrons. The fourth-order valence-corrected chi connectivity index (χ4v) is 3.74. The highest BCUT2D eigenvalue weighted by Gasteiger charge is 2.21. The van der Waals surface area contributed by atoms with Crippen molar-refractivity contribution in [1.29, 1.82) is 0 Å². The molecular formula is C23H24N4O. The SMILES string of the molecule is Cc1ccccc1N1CCCN(C(=O)c2cccc(-c3cncnc3)c2)CC1. The van der Waals surface area contributed by atoms with Crippen LogP contribution in [-0.2, 0) is 0 Å². The predicted octanol–water partition coefficient (Wildman–Crippen LogP) is 3.80. The molecule has 0 unspecified atom stereocenters. The topological polar surface area (TPSA) is 49.3 Å². The van der Waals surface area contributed by atoms with Gasteiger partial charge in [0.05, 0.1) is 0 Å². The van der Waals surface area contributed by atoms with Gasteiger partial charge >= 0.3 is 0 Å². The maximum Gasteiger partial charge on any atom is 0.253 e. The molecular weight excluding hydrogens is 348 g/mol. The van der Waals surface area contributed by atoms with E-state index in [1.54, 1.807) is 12.4 Å². The monoisotopic (exact) mass is 372 g/mol. The lowest BCUT2D eigenvalue weighted by Crippen LogP contribution is -2.35. The molecule has 5 nitrogen and oxygen atoms in total. The summed E-state index contributed by atoms with van der Waals surface area (Å²) < 4.78 is 0. The van der Waals surface area contributed by atoms with E-state index in [1.165, 1.54) is 17.6 Å². The number of benzene rings is 2. The summed E-state index contributed by atoms with van der Waals surface area (Å²) in [5.74, 6) is 0.0883. The van der Waals surface area contributed by atoms with E-state index in [4.69, 9.17) is 0 Å². The van der Waals surface area contributed by atoms with E-state index >= 15 is 0 Å². The molecule has 0 bridgehead atoms. The predicted molar refractivity (Wildman–Crippen MR) is 111 cm³/mol. The summed E-state index contributed by atoms with van der Waals surface area (Å²) >= 11 is 0. The van der Waals surface area contributed by atoms with Crippen molar-refractivity contribution >= 4 is 11.6 Å². The van der Waals surface area contributed by atoms with Gasteiger partial charge in [-0.3, -0.25) is 4.79 Å². The molecule has 2 heterocycles. The number of nitrogens with zero attached hydrogens (tertiary/aromatic N) is 4. The van der Waals surface area contributed by atoms with Crippen LogP contribution in [0.4, 0.5) is 5.69 Å². The first-order valence-corrected chi connectivity index (χ1v) is 9.68. The average Bonchev–Trinajstić information content (AvgIpc) is 3.00. The van der Waals surface area contributed by atoms with Crippen LogP contribution in [0.25, 0.3) is 11.1 Å². The van der Waals surface area contributed by atoms with Gasteiger partial charge in [-0.1, -0.05) is 30.3 Å². The van der Waals surface area contributed by atoms with Gasteiger partial charge in [0, 0.05) is 55.4 Å². The van der Waals surface area contributed by atoms with Crippen molar-refractivity contribution in [3.63, 3.8) is 0 Å². The van der Waals surface area contributed by atoms with Gasteiger partial charge in [-0.2, -0.15) is 0 Å². The first kappa shape index (κ1) is 18.2. The molecule has 5 heteroatoms. The van der Waals surface area contributed by atoms with Gasteiger partial charge in [0.25, 0.3) is 5.91 Å². The Labute approximate surface area is 165 Å². The zero-order chi connectivity index (χ0) is 19.3. The van der Waals surface area contributed by atoms with E-state index in [0.29, 0.717) is 5.56 Å². The maximum atomic E-state index is 13.1. The number of anilines is 1. The summed E-state index contributed by atoms with van der Waals surface area (Å²) in [4.78, 5) is 25.6. The zero-order valence-electron chi connectivity index (χ0n) is 16.1. The van der Waals surface area contributed by atoms with E-state index < -0.39 is 0 Å². The third-order valence-corrected chi connectivity index (χ3v) is 5.24. The van der Waals surface area contributed by atoms with Crippen molar-refractivity contribution in [1.82, 2.24) is 14.9 Å². The second-order valence-corrected chi connectivity index (χ2v) is 7.13. The summed E-state index contributed by atoms with van der Waals surface area (Å²) in [6, 6.07) is 16.2. The van der Waals surface area contributed by atoms with Crippen LogP contribution in [0.2, 0.25) is 0 Å². The fraction of sp³-hybridized carbons (Fsp3) is 0.261. The smallest absolute Gasteiger partial charge is 0.253 e. The number of carbonyl (C=O) groups excluding carboxylic acids is 1. The molecule has 1 aliphatic rings. The third kappa shape index (κ3) is 3.88. The van der Waals surface area contributed by atoms with Gasteiger partial charge in [0.1, 0.15) is 6.33 Å². The van der Waals surface area contributed by atoms with E-state index in [1.807, 2.05) is 29.2 Å². The van der Waals surface area contributed by atoms with Crippen LogP contribution in [0.1, 0.15) is 22.3 Å². The number of hydrogen-bond acceptors (Lipinski definition) is 4. The Bertz CT molecular complexity index is 958. The van der Waals surface area contributed by atoms with Crippen LogP contribution in [0.15, 0.2) is 67.3 Å². The van der Waals surface area contributed by atoms with E-state index in [-0.39, 0.29) is 5.91 Å². The van der Waals surface area contributed by atoms with Crippen LogP contribution in [-0.4, -0.2) is 47.0 Å². The van der Waals surface area contributed by atoms with Crippen molar-refractivity contribution in [2.75, 3.05) is 31.1 Å². The van der Waals surface area contributed by atoms with Gasteiger partial charge in [-0.05, 0) is 42.7 Å². The van der Waals surface area contributed by atoms with Crippen molar-refractivity contribution in [2.24, 2.45) is 0 Å².